The highest BCUT2D eigenvalue weighted by Gasteiger charge is 2.31. The predicted molar refractivity (Wildman–Crippen MR) is 62.8 cm³/mol. The van der Waals surface area contributed by atoms with Crippen molar-refractivity contribution in [3.05, 3.63) is 41.6 Å². The Labute approximate surface area is 115 Å². The second-order valence-electron chi connectivity index (χ2n) is 3.74. The van der Waals surface area contributed by atoms with Crippen LogP contribution in [0, 0.1) is 17.1 Å². The van der Waals surface area contributed by atoms with Gasteiger partial charge in [-0.2, -0.15) is 23.6 Å². The van der Waals surface area contributed by atoms with Crippen molar-refractivity contribution in [2.45, 2.75) is 6.18 Å². The van der Waals surface area contributed by atoms with Crippen molar-refractivity contribution in [3.8, 4) is 6.07 Å². The van der Waals surface area contributed by atoms with E-state index in [2.05, 4.69) is 25.9 Å². The summed E-state index contributed by atoms with van der Waals surface area (Å²) in [7, 11) is 0. The Kier molecular flexibility index (Phi) is 3.84. The molecule has 0 bridgehead atoms. The number of halogens is 4. The van der Waals surface area contributed by atoms with Gasteiger partial charge in [-0.15, -0.1) is 10.2 Å². The number of alkyl halides is 3. The molecule has 0 atom stereocenters. The van der Waals surface area contributed by atoms with Crippen molar-refractivity contribution in [2.75, 3.05) is 5.32 Å². The lowest BCUT2D eigenvalue weighted by Gasteiger charge is -2.09. The number of nitriles is 1. The molecular formula is C11H6F4N6. The molecular weight excluding hydrogens is 292 g/mol. The summed E-state index contributed by atoms with van der Waals surface area (Å²) in [6.07, 6.45) is -3.56. The topological polar surface area (TPSA) is 90.3 Å². The van der Waals surface area contributed by atoms with E-state index in [9.17, 15) is 17.6 Å². The van der Waals surface area contributed by atoms with Crippen LogP contribution in [-0.2, 0) is 6.18 Å². The fourth-order valence-electron chi connectivity index (χ4n) is 1.38. The van der Waals surface area contributed by atoms with E-state index in [1.807, 2.05) is 0 Å². The monoisotopic (exact) mass is 298 g/mol. The van der Waals surface area contributed by atoms with Crippen molar-refractivity contribution < 1.29 is 17.6 Å². The van der Waals surface area contributed by atoms with Crippen molar-refractivity contribution in [3.63, 3.8) is 0 Å². The summed E-state index contributed by atoms with van der Waals surface area (Å²) in [5, 5.41) is 23.7. The van der Waals surface area contributed by atoms with Gasteiger partial charge in [-0.1, -0.05) is 0 Å². The number of aromatic nitrogens is 4. The molecule has 10 heteroatoms. The molecule has 2 N–H and O–H groups in total. The molecule has 0 aliphatic carbocycles. The third kappa shape index (κ3) is 3.33. The summed E-state index contributed by atoms with van der Waals surface area (Å²) in [6, 6.07) is 3.74. The molecule has 0 radical (unpaired) electrons. The highest BCUT2D eigenvalue weighted by atomic mass is 19.4. The second-order valence-corrected chi connectivity index (χ2v) is 3.74. The molecule has 0 saturated heterocycles. The molecule has 0 spiro atoms. The summed E-state index contributed by atoms with van der Waals surface area (Å²) in [6.45, 7) is 0. The molecule has 0 aliphatic rings. The minimum atomic E-state index is -4.63. The first-order valence-corrected chi connectivity index (χ1v) is 5.39. The predicted octanol–water partition coefficient (Wildman–Crippen LogP) is 2.33. The van der Waals surface area contributed by atoms with Crippen molar-refractivity contribution in [2.24, 2.45) is 0 Å². The van der Waals surface area contributed by atoms with Crippen LogP contribution in [0.15, 0.2) is 24.4 Å². The Morgan fingerprint density at radius 2 is 2.14 bits per heavy atom. The molecule has 0 unspecified atom stereocenters. The highest BCUT2D eigenvalue weighted by Crippen LogP contribution is 2.31. The number of hydrogen-bond donors (Lipinski definition) is 2. The zero-order valence-corrected chi connectivity index (χ0v) is 10.1. The van der Waals surface area contributed by atoms with Gasteiger partial charge in [0, 0.05) is 6.20 Å². The maximum atomic E-state index is 13.6. The minimum absolute atomic E-state index is 0.0303. The van der Waals surface area contributed by atoms with Crippen LogP contribution in [0.1, 0.15) is 11.4 Å². The van der Waals surface area contributed by atoms with Crippen molar-refractivity contribution >= 4 is 11.3 Å². The van der Waals surface area contributed by atoms with E-state index in [1.54, 1.807) is 6.07 Å². The molecule has 1 aromatic heterocycles. The largest absolute Gasteiger partial charge is 0.416 e. The number of tetrazole rings is 1. The zero-order chi connectivity index (χ0) is 15.5. The smallest absolute Gasteiger partial charge is 0.358 e. The first kappa shape index (κ1) is 14.4. The fourth-order valence-corrected chi connectivity index (χ4v) is 1.38. The lowest BCUT2D eigenvalue weighted by molar-refractivity contribution is -0.137. The number of anilines is 1. The molecule has 2 aromatic rings. The van der Waals surface area contributed by atoms with Gasteiger partial charge in [-0.05, 0) is 23.4 Å². The van der Waals surface area contributed by atoms with Gasteiger partial charge >= 0.3 is 6.18 Å². The summed E-state index contributed by atoms with van der Waals surface area (Å²) < 4.78 is 50.7. The van der Waals surface area contributed by atoms with Gasteiger partial charge in [0.05, 0.1) is 11.3 Å². The molecule has 1 heterocycles. The van der Waals surface area contributed by atoms with Crippen LogP contribution < -0.4 is 5.32 Å². The number of hydrogen-bond acceptors (Lipinski definition) is 5. The van der Waals surface area contributed by atoms with Crippen molar-refractivity contribution in [1.29, 1.82) is 5.26 Å². The zero-order valence-electron chi connectivity index (χ0n) is 10.1. The number of nitrogens with one attached hydrogen (secondary N) is 2. The average molecular weight is 298 g/mol. The number of allylic oxidation sites excluding steroid dienone is 1. The lowest BCUT2D eigenvalue weighted by Crippen LogP contribution is -2.06. The van der Waals surface area contributed by atoms with Crippen LogP contribution in [0.25, 0.3) is 5.57 Å². The Morgan fingerprint density at radius 3 is 2.67 bits per heavy atom. The second kappa shape index (κ2) is 5.58. The van der Waals surface area contributed by atoms with Gasteiger partial charge in [-0.3, -0.25) is 0 Å². The number of H-pyrrole nitrogens is 1. The summed E-state index contributed by atoms with van der Waals surface area (Å²) in [5.41, 5.74) is -1.39. The third-order valence-corrected chi connectivity index (χ3v) is 2.38. The van der Waals surface area contributed by atoms with Crippen LogP contribution in [0.5, 0.6) is 0 Å². The Balaban J connectivity index is 2.23. The number of rotatable bonds is 3. The molecule has 21 heavy (non-hydrogen) atoms. The number of benzene rings is 1. The first-order chi connectivity index (χ1) is 9.91. The van der Waals surface area contributed by atoms with Crippen LogP contribution in [0.4, 0.5) is 23.2 Å². The molecule has 0 saturated carbocycles. The maximum Gasteiger partial charge on any atom is 0.416 e. The van der Waals surface area contributed by atoms with Gasteiger partial charge < -0.3 is 5.32 Å². The summed E-state index contributed by atoms with van der Waals surface area (Å²) in [4.78, 5) is 0. The molecule has 0 aliphatic heterocycles. The van der Waals surface area contributed by atoms with E-state index in [-0.39, 0.29) is 17.1 Å². The lowest BCUT2D eigenvalue weighted by atomic mass is 10.2. The van der Waals surface area contributed by atoms with E-state index in [4.69, 9.17) is 5.26 Å². The van der Waals surface area contributed by atoms with Crippen molar-refractivity contribution in [1.82, 2.24) is 20.6 Å². The Morgan fingerprint density at radius 1 is 1.38 bits per heavy atom. The molecule has 0 amide bonds. The van der Waals surface area contributed by atoms with Gasteiger partial charge in [0.2, 0.25) is 5.82 Å². The minimum Gasteiger partial charge on any atom is -0.358 e. The van der Waals surface area contributed by atoms with E-state index in [1.165, 1.54) is 0 Å². The SMILES string of the molecule is N#CC(=CNc1ccc(C(F)(F)F)cc1F)c1nn[nH]n1. The van der Waals surface area contributed by atoms with Gasteiger partial charge in [-0.25, -0.2) is 4.39 Å². The average Bonchev–Trinajstić information content (AvgIpc) is 2.94. The van der Waals surface area contributed by atoms with E-state index < -0.39 is 17.6 Å². The maximum absolute atomic E-state index is 13.6. The fraction of sp³-hybridized carbons (Fsp3) is 0.0909. The molecule has 108 valence electrons. The highest BCUT2D eigenvalue weighted by molar-refractivity contribution is 5.74. The normalized spacial score (nSPS) is 12.0. The van der Waals surface area contributed by atoms with E-state index >= 15 is 0 Å². The first-order valence-electron chi connectivity index (χ1n) is 5.39. The molecule has 0 fully saturated rings. The summed E-state index contributed by atoms with van der Waals surface area (Å²) >= 11 is 0. The molecule has 6 nitrogen and oxygen atoms in total. The Hall–Kier alpha value is -2.96. The summed E-state index contributed by atoms with van der Waals surface area (Å²) in [5.74, 6) is -1.14. The van der Waals surface area contributed by atoms with Gasteiger partial charge in [0.25, 0.3) is 0 Å². The molecule has 2 rings (SSSR count). The van der Waals surface area contributed by atoms with Crippen LogP contribution >= 0.6 is 0 Å². The van der Waals surface area contributed by atoms with Gasteiger partial charge in [0.1, 0.15) is 17.5 Å². The van der Waals surface area contributed by atoms with E-state index in [0.717, 1.165) is 18.3 Å². The Bertz CT molecular complexity index is 698. The number of nitrogens with zero attached hydrogens (tertiary/aromatic N) is 4. The standard InChI is InChI=1S/C11H6F4N6/c12-8-3-7(11(13,14)15)1-2-9(8)17-5-6(4-16)10-18-20-21-19-10/h1-3,5,17H,(H,18,19,20,21). The van der Waals surface area contributed by atoms with Gasteiger partial charge in [0.15, 0.2) is 0 Å². The third-order valence-electron chi connectivity index (χ3n) is 2.38. The van der Waals surface area contributed by atoms with Crippen LogP contribution in [-0.4, -0.2) is 20.6 Å². The van der Waals surface area contributed by atoms with E-state index in [0.29, 0.717) is 6.07 Å². The number of aromatic amines is 1. The van der Waals surface area contributed by atoms with Crippen LogP contribution in [0.3, 0.4) is 0 Å². The quantitative estimate of drug-likeness (QED) is 0.670. The van der Waals surface area contributed by atoms with Crippen LogP contribution in [0.2, 0.25) is 0 Å². The molecule has 1 aromatic carbocycles.